The van der Waals surface area contributed by atoms with Crippen LogP contribution in [0.3, 0.4) is 0 Å². The van der Waals surface area contributed by atoms with Crippen LogP contribution in [0.25, 0.3) is 0 Å². The molecule has 0 rings (SSSR count). The van der Waals surface area contributed by atoms with E-state index in [2.05, 4.69) is 83.1 Å². The summed E-state index contributed by atoms with van der Waals surface area (Å²) in [4.78, 5) is 0. The molecule has 0 aromatic carbocycles. The maximum Gasteiger partial charge on any atom is -0.00487 e. The van der Waals surface area contributed by atoms with Gasteiger partial charge in [0.25, 0.3) is 0 Å². The minimum atomic E-state index is 0.610. The van der Waals surface area contributed by atoms with Crippen LogP contribution in [-0.2, 0) is 0 Å². The molecule has 30 heavy (non-hydrogen) atoms. The van der Waals surface area contributed by atoms with Gasteiger partial charge in [-0.1, -0.05) is 102 Å². The van der Waals surface area contributed by atoms with Gasteiger partial charge >= 0.3 is 0 Å². The molecule has 0 heterocycles. The van der Waals surface area contributed by atoms with Gasteiger partial charge in [-0.05, 0) is 72.9 Å². The van der Waals surface area contributed by atoms with Crippen LogP contribution in [0.5, 0.6) is 0 Å². The van der Waals surface area contributed by atoms with E-state index in [4.69, 9.17) is 17.2 Å². The van der Waals surface area contributed by atoms with E-state index in [-0.39, 0.29) is 0 Å². The fraction of sp³-hybridized carbons (Fsp3) is 1.00. The molecule has 0 radical (unpaired) electrons. The van der Waals surface area contributed by atoms with E-state index in [0.29, 0.717) is 23.7 Å². The number of hydrogen-bond acceptors (Lipinski definition) is 3. The summed E-state index contributed by atoms with van der Waals surface area (Å²) in [5, 5.41) is 0. The molecule has 0 aromatic rings. The van der Waals surface area contributed by atoms with Gasteiger partial charge in [0.15, 0.2) is 0 Å². The zero-order valence-electron chi connectivity index (χ0n) is 23.2. The third-order valence-corrected chi connectivity index (χ3v) is 7.29. The van der Waals surface area contributed by atoms with Crippen LogP contribution in [0.15, 0.2) is 0 Å². The van der Waals surface area contributed by atoms with Crippen molar-refractivity contribution >= 4 is 0 Å². The van der Waals surface area contributed by atoms with Crippen molar-refractivity contribution < 1.29 is 0 Å². The lowest BCUT2D eigenvalue weighted by Gasteiger charge is -2.26. The first-order chi connectivity index (χ1) is 13.9. The third kappa shape index (κ3) is 15.6. The van der Waals surface area contributed by atoms with Crippen molar-refractivity contribution in [3.63, 3.8) is 0 Å². The summed E-state index contributed by atoms with van der Waals surface area (Å²) < 4.78 is 0. The molecule has 0 amide bonds. The Hall–Kier alpha value is -0.120. The average molecular weight is 430 g/mol. The predicted molar refractivity (Wildman–Crippen MR) is 141 cm³/mol. The van der Waals surface area contributed by atoms with Crippen molar-refractivity contribution in [1.29, 1.82) is 0 Å². The molecule has 3 nitrogen and oxygen atoms in total. The normalized spacial score (nSPS) is 16.5. The second-order valence-corrected chi connectivity index (χ2v) is 10.6. The minimum absolute atomic E-state index is 0.610. The van der Waals surface area contributed by atoms with Gasteiger partial charge < -0.3 is 17.2 Å². The highest BCUT2D eigenvalue weighted by Gasteiger charge is 2.19. The van der Waals surface area contributed by atoms with E-state index in [1.165, 1.54) is 19.3 Å². The van der Waals surface area contributed by atoms with Gasteiger partial charge in [0, 0.05) is 0 Å². The second kappa shape index (κ2) is 20.8. The third-order valence-electron chi connectivity index (χ3n) is 7.29. The zero-order chi connectivity index (χ0) is 24.4. The molecule has 0 aliphatic carbocycles. The number of nitrogens with two attached hydrogens (primary N) is 3. The van der Waals surface area contributed by atoms with E-state index in [9.17, 15) is 0 Å². The van der Waals surface area contributed by atoms with Gasteiger partial charge in [-0.25, -0.2) is 0 Å². The van der Waals surface area contributed by atoms with E-state index >= 15 is 0 Å². The Morgan fingerprint density at radius 2 is 0.633 bits per heavy atom. The molecular formula is C27H63N3. The van der Waals surface area contributed by atoms with E-state index in [1.54, 1.807) is 0 Å². The topological polar surface area (TPSA) is 78.1 Å². The Labute approximate surface area is 192 Å². The largest absolute Gasteiger partial charge is 0.330 e. The Kier molecular flexibility index (Phi) is 23.9. The summed E-state index contributed by atoms with van der Waals surface area (Å²) in [5.41, 5.74) is 16.8. The van der Waals surface area contributed by atoms with Crippen LogP contribution in [0.1, 0.15) is 102 Å². The molecule has 6 N–H and O–H groups in total. The summed E-state index contributed by atoms with van der Waals surface area (Å²) in [6, 6.07) is 0. The summed E-state index contributed by atoms with van der Waals surface area (Å²) >= 11 is 0. The molecule has 0 aliphatic heterocycles. The van der Waals surface area contributed by atoms with E-state index < -0.39 is 0 Å². The monoisotopic (exact) mass is 430 g/mol. The van der Waals surface area contributed by atoms with Crippen LogP contribution in [0.4, 0.5) is 0 Å². The zero-order valence-corrected chi connectivity index (χ0v) is 23.2. The fourth-order valence-corrected chi connectivity index (χ4v) is 5.13. The molecule has 0 spiro atoms. The molecule has 4 unspecified atom stereocenters. The van der Waals surface area contributed by atoms with Crippen molar-refractivity contribution in [3.8, 4) is 0 Å². The molecule has 0 aliphatic rings. The molecule has 0 saturated heterocycles. The predicted octanol–water partition coefficient (Wildman–Crippen LogP) is 6.79. The molecular weight excluding hydrogens is 366 g/mol. The van der Waals surface area contributed by atoms with Gasteiger partial charge in [-0.3, -0.25) is 0 Å². The number of rotatable bonds is 12. The van der Waals surface area contributed by atoms with Gasteiger partial charge in [-0.2, -0.15) is 0 Å². The Balaban J connectivity index is -0.000000366. The maximum atomic E-state index is 5.60. The Bertz CT molecular complexity index is 323. The Morgan fingerprint density at radius 3 is 0.733 bits per heavy atom. The van der Waals surface area contributed by atoms with Crippen LogP contribution >= 0.6 is 0 Å². The minimum Gasteiger partial charge on any atom is -0.330 e. The molecule has 4 atom stereocenters. The molecule has 0 fully saturated rings. The van der Waals surface area contributed by atoms with Gasteiger partial charge in [0.1, 0.15) is 0 Å². The summed E-state index contributed by atoms with van der Waals surface area (Å²) in [7, 11) is 0. The second-order valence-electron chi connectivity index (χ2n) is 10.6. The molecule has 3 heteroatoms. The first-order valence-electron chi connectivity index (χ1n) is 13.0. The van der Waals surface area contributed by atoms with E-state index in [1.807, 2.05) is 0 Å². The lowest BCUT2D eigenvalue weighted by molar-refractivity contribution is 0.257. The SMILES string of the molecule is CCC(C(C)C)C(C)C.CCC(C(C)C)C(C)CN.CCC(C(C)CN)C(C)CN. The first kappa shape index (κ1) is 34.5. The summed E-state index contributed by atoms with van der Waals surface area (Å²) in [6.45, 7) is 29.6. The highest BCUT2D eigenvalue weighted by Crippen LogP contribution is 2.24. The lowest BCUT2D eigenvalue weighted by atomic mass is 9.81. The van der Waals surface area contributed by atoms with Gasteiger partial charge in [0.05, 0.1) is 0 Å². The van der Waals surface area contributed by atoms with Crippen LogP contribution in [-0.4, -0.2) is 19.6 Å². The quantitative estimate of drug-likeness (QED) is 0.319. The lowest BCUT2D eigenvalue weighted by Crippen LogP contribution is -2.29. The van der Waals surface area contributed by atoms with Crippen molar-refractivity contribution in [2.75, 3.05) is 19.6 Å². The smallest absolute Gasteiger partial charge is 0.00487 e. The van der Waals surface area contributed by atoms with Crippen molar-refractivity contribution in [2.24, 2.45) is 70.5 Å². The van der Waals surface area contributed by atoms with Crippen molar-refractivity contribution in [1.82, 2.24) is 0 Å². The van der Waals surface area contributed by atoms with Crippen LogP contribution in [0, 0.1) is 53.3 Å². The van der Waals surface area contributed by atoms with Crippen LogP contribution < -0.4 is 17.2 Å². The highest BCUT2D eigenvalue weighted by molar-refractivity contribution is 4.72. The summed E-state index contributed by atoms with van der Waals surface area (Å²) in [6.07, 6.45) is 3.78. The molecule has 186 valence electrons. The molecule has 0 saturated carbocycles. The van der Waals surface area contributed by atoms with Crippen molar-refractivity contribution in [3.05, 3.63) is 0 Å². The van der Waals surface area contributed by atoms with E-state index in [0.717, 1.165) is 49.2 Å². The standard InChI is InChI=1S/C9H22N2.C9H21N.C9H20/c1-4-9(7(2)5-10)8(3)6-11;1-5-9(7(2)3)8(4)6-10;1-6-9(7(2)3)8(4)5/h7-9H,4-6,10-11H2,1-3H3;7-9H,5-6,10H2,1-4H3;7-9H,6H2,1-5H3. The molecule has 0 aromatic heterocycles. The molecule has 0 bridgehead atoms. The number of hydrogen-bond donors (Lipinski definition) is 3. The van der Waals surface area contributed by atoms with Gasteiger partial charge in [-0.15, -0.1) is 0 Å². The first-order valence-corrected chi connectivity index (χ1v) is 13.0. The van der Waals surface area contributed by atoms with Crippen LogP contribution in [0.2, 0.25) is 0 Å². The van der Waals surface area contributed by atoms with Gasteiger partial charge in [0.2, 0.25) is 0 Å². The highest BCUT2D eigenvalue weighted by atomic mass is 14.6. The van der Waals surface area contributed by atoms with Crippen molar-refractivity contribution in [2.45, 2.75) is 102 Å². The summed E-state index contributed by atoms with van der Waals surface area (Å²) in [5.74, 6) is 6.83. The Morgan fingerprint density at radius 1 is 0.400 bits per heavy atom. The maximum absolute atomic E-state index is 5.60. The average Bonchev–Trinajstić information content (AvgIpc) is 2.68. The fourth-order valence-electron chi connectivity index (χ4n) is 5.13.